The van der Waals surface area contributed by atoms with Crippen molar-refractivity contribution in [1.82, 2.24) is 0 Å². The average molecular weight is 309 g/mol. The number of hydrogen-bond donors (Lipinski definition) is 1. The van der Waals surface area contributed by atoms with Crippen LogP contribution < -0.4 is 24.7 Å². The van der Waals surface area contributed by atoms with Gasteiger partial charge in [0.15, 0.2) is 11.5 Å². The lowest BCUT2D eigenvalue weighted by Crippen LogP contribution is -2.49. The quantitative estimate of drug-likeness (QED) is 0.584. The predicted molar refractivity (Wildman–Crippen MR) is 87.1 cm³/mol. The molecule has 0 saturated heterocycles. The molecule has 1 aliphatic rings. The number of benzene rings is 2. The maximum Gasteiger partial charge on any atom is 0.254 e. The Bertz CT molecular complexity index is 905. The van der Waals surface area contributed by atoms with Gasteiger partial charge in [0.25, 0.3) is 5.69 Å². The largest absolute Gasteiger partial charge is 0.497 e. The van der Waals surface area contributed by atoms with Crippen molar-refractivity contribution < 1.29 is 18.9 Å². The number of hydrogen-bond acceptors (Lipinski definition) is 4. The van der Waals surface area contributed by atoms with Gasteiger partial charge in [-0.3, -0.25) is 0 Å². The Morgan fingerprint density at radius 2 is 1.87 bits per heavy atom. The lowest BCUT2D eigenvalue weighted by atomic mass is 10.0. The first-order valence-corrected chi connectivity index (χ1v) is 7.36. The van der Waals surface area contributed by atoms with Crippen molar-refractivity contribution in [3.63, 3.8) is 0 Å². The molecule has 5 heteroatoms. The van der Waals surface area contributed by atoms with E-state index in [-0.39, 0.29) is 6.79 Å². The third-order valence-electron chi connectivity index (χ3n) is 4.16. The molecule has 0 saturated carbocycles. The van der Waals surface area contributed by atoms with Crippen LogP contribution in [0.1, 0.15) is 5.69 Å². The van der Waals surface area contributed by atoms with Crippen LogP contribution >= 0.6 is 0 Å². The van der Waals surface area contributed by atoms with E-state index in [2.05, 4.69) is 0 Å². The molecule has 0 radical (unpaired) electrons. The van der Waals surface area contributed by atoms with Crippen LogP contribution in [0.15, 0.2) is 42.5 Å². The fourth-order valence-electron chi connectivity index (χ4n) is 2.98. The van der Waals surface area contributed by atoms with Crippen molar-refractivity contribution in [2.45, 2.75) is 6.92 Å². The molecule has 0 amide bonds. The second-order valence-electron chi connectivity index (χ2n) is 5.50. The molecule has 2 N–H and O–H groups in total. The highest BCUT2D eigenvalue weighted by molar-refractivity contribution is 6.00. The minimum absolute atomic E-state index is 0.231. The molecule has 2 heterocycles. The molecule has 3 aromatic rings. The summed E-state index contributed by atoms with van der Waals surface area (Å²) in [6.07, 6.45) is 0. The highest BCUT2D eigenvalue weighted by atomic mass is 16.7. The molecular formula is C18H17N2O3+. The summed E-state index contributed by atoms with van der Waals surface area (Å²) in [6, 6.07) is 13.8. The van der Waals surface area contributed by atoms with E-state index >= 15 is 0 Å². The zero-order chi connectivity index (χ0) is 16.0. The van der Waals surface area contributed by atoms with Gasteiger partial charge in [-0.15, -0.1) is 0 Å². The van der Waals surface area contributed by atoms with Crippen LogP contribution in [-0.4, -0.2) is 13.9 Å². The van der Waals surface area contributed by atoms with E-state index in [1.165, 1.54) is 0 Å². The molecule has 116 valence electrons. The van der Waals surface area contributed by atoms with Crippen LogP contribution in [0, 0.1) is 6.92 Å². The van der Waals surface area contributed by atoms with Gasteiger partial charge in [-0.25, -0.2) is 5.84 Å². The van der Waals surface area contributed by atoms with Crippen molar-refractivity contribution in [1.29, 1.82) is 0 Å². The number of nitrogen functional groups attached to an aromatic ring is 1. The van der Waals surface area contributed by atoms with Crippen LogP contribution in [0.2, 0.25) is 0 Å². The summed E-state index contributed by atoms with van der Waals surface area (Å²) < 4.78 is 18.1. The Hall–Kier alpha value is -2.95. The highest BCUT2D eigenvalue weighted by Gasteiger charge is 2.27. The zero-order valence-corrected chi connectivity index (χ0v) is 13.0. The van der Waals surface area contributed by atoms with E-state index in [1.54, 1.807) is 11.8 Å². The summed E-state index contributed by atoms with van der Waals surface area (Å²) in [5, 5.41) is 2.03. The van der Waals surface area contributed by atoms with E-state index in [1.807, 2.05) is 49.4 Å². The minimum Gasteiger partial charge on any atom is -0.497 e. The van der Waals surface area contributed by atoms with E-state index in [9.17, 15) is 0 Å². The molecule has 5 nitrogen and oxygen atoms in total. The van der Waals surface area contributed by atoms with Gasteiger partial charge in [-0.2, -0.15) is 0 Å². The number of methoxy groups -OCH3 is 1. The van der Waals surface area contributed by atoms with E-state index in [4.69, 9.17) is 20.1 Å². The molecule has 23 heavy (non-hydrogen) atoms. The SMILES string of the molecule is COc1ccc(-c2c3c4c(ccc3cc(C)[n+]2N)OCO4)cc1. The number of ether oxygens (including phenoxy) is 3. The number of pyridine rings is 1. The molecule has 1 aliphatic heterocycles. The van der Waals surface area contributed by atoms with Crippen molar-refractivity contribution in [3.8, 4) is 28.5 Å². The molecule has 0 atom stereocenters. The molecule has 0 unspecified atom stereocenters. The third-order valence-corrected chi connectivity index (χ3v) is 4.16. The summed E-state index contributed by atoms with van der Waals surface area (Å²) in [5.41, 5.74) is 2.85. The van der Waals surface area contributed by atoms with E-state index in [0.29, 0.717) is 0 Å². The van der Waals surface area contributed by atoms with Gasteiger partial charge in [0.05, 0.1) is 12.7 Å². The first-order valence-electron chi connectivity index (χ1n) is 7.36. The zero-order valence-electron chi connectivity index (χ0n) is 13.0. The smallest absolute Gasteiger partial charge is 0.254 e. The first kappa shape index (κ1) is 13.7. The Labute approximate surface area is 133 Å². The predicted octanol–water partition coefficient (Wildman–Crippen LogP) is 2.55. The van der Waals surface area contributed by atoms with Crippen molar-refractivity contribution in [2.24, 2.45) is 0 Å². The van der Waals surface area contributed by atoms with Gasteiger partial charge < -0.3 is 14.2 Å². The van der Waals surface area contributed by atoms with Gasteiger partial charge in [0, 0.05) is 13.0 Å². The Morgan fingerprint density at radius 3 is 2.61 bits per heavy atom. The standard InChI is InChI=1S/C18H17N2O3/c1-11-9-13-5-8-15-18(23-10-22-15)16(13)17(20(11)19)12-3-6-14(21-2)7-4-12/h3-9H,10,19H2,1-2H3/q+1. The summed E-state index contributed by atoms with van der Waals surface area (Å²) >= 11 is 0. The van der Waals surface area contributed by atoms with Crippen molar-refractivity contribution >= 4 is 10.8 Å². The summed E-state index contributed by atoms with van der Waals surface area (Å²) in [6.45, 7) is 2.21. The fraction of sp³-hybridized carbons (Fsp3) is 0.167. The molecule has 0 spiro atoms. The summed E-state index contributed by atoms with van der Waals surface area (Å²) in [7, 11) is 1.65. The van der Waals surface area contributed by atoms with Gasteiger partial charge in [-0.1, -0.05) is 4.68 Å². The maximum atomic E-state index is 6.33. The number of fused-ring (bicyclic) bond motifs is 3. The number of aryl methyl sites for hydroxylation is 1. The van der Waals surface area contributed by atoms with Crippen LogP contribution in [0.25, 0.3) is 22.0 Å². The number of aromatic nitrogens is 1. The average Bonchev–Trinajstić information content (AvgIpc) is 3.05. The van der Waals surface area contributed by atoms with Gasteiger partial charge >= 0.3 is 0 Å². The summed E-state index contributed by atoms with van der Waals surface area (Å²) in [4.78, 5) is 0. The molecule has 4 rings (SSSR count). The number of nitrogens with two attached hydrogens (primary N) is 1. The van der Waals surface area contributed by atoms with Crippen LogP contribution in [-0.2, 0) is 0 Å². The first-order chi connectivity index (χ1) is 11.2. The third kappa shape index (κ3) is 2.04. The van der Waals surface area contributed by atoms with Gasteiger partial charge in [-0.05, 0) is 41.8 Å². The molecule has 0 fully saturated rings. The van der Waals surface area contributed by atoms with Crippen LogP contribution in [0.3, 0.4) is 0 Å². The van der Waals surface area contributed by atoms with E-state index in [0.717, 1.165) is 45.0 Å². The number of nitrogens with zero attached hydrogens (tertiary/aromatic N) is 1. The van der Waals surface area contributed by atoms with Crippen molar-refractivity contribution in [3.05, 3.63) is 48.2 Å². The monoisotopic (exact) mass is 309 g/mol. The molecule has 2 aromatic carbocycles. The molecule has 1 aromatic heterocycles. The van der Waals surface area contributed by atoms with Gasteiger partial charge in [0.1, 0.15) is 11.1 Å². The lowest BCUT2D eigenvalue weighted by molar-refractivity contribution is -0.632. The lowest BCUT2D eigenvalue weighted by Gasteiger charge is -2.09. The fourth-order valence-corrected chi connectivity index (χ4v) is 2.98. The second kappa shape index (κ2) is 5.05. The Balaban J connectivity index is 2.07. The normalized spacial score (nSPS) is 12.6. The topological polar surface area (TPSA) is 57.6 Å². The van der Waals surface area contributed by atoms with Gasteiger partial charge in [0.2, 0.25) is 12.5 Å². The maximum absolute atomic E-state index is 6.33. The molecule has 0 aliphatic carbocycles. The molecular weight excluding hydrogens is 292 g/mol. The van der Waals surface area contributed by atoms with Crippen molar-refractivity contribution in [2.75, 3.05) is 19.7 Å². The number of rotatable bonds is 2. The van der Waals surface area contributed by atoms with Crippen LogP contribution in [0.5, 0.6) is 17.2 Å². The molecule has 0 bridgehead atoms. The Kier molecular flexibility index (Phi) is 3.01. The van der Waals surface area contributed by atoms with Crippen LogP contribution in [0.4, 0.5) is 0 Å². The minimum atomic E-state index is 0.231. The Morgan fingerprint density at radius 1 is 1.09 bits per heavy atom. The summed E-state index contributed by atoms with van der Waals surface area (Å²) in [5.74, 6) is 8.63. The highest BCUT2D eigenvalue weighted by Crippen LogP contribution is 2.42. The second-order valence-corrected chi connectivity index (χ2v) is 5.50. The van der Waals surface area contributed by atoms with E-state index < -0.39 is 0 Å².